The Bertz CT molecular complexity index is 478. The van der Waals surface area contributed by atoms with Gasteiger partial charge in [-0.25, -0.2) is 8.78 Å². The highest BCUT2D eigenvalue weighted by atomic mass is 79.9. The molecular weight excluding hydrogens is 330 g/mol. The van der Waals surface area contributed by atoms with Crippen LogP contribution in [0, 0.1) is 11.6 Å². The lowest BCUT2D eigenvalue weighted by Crippen LogP contribution is -2.45. The minimum atomic E-state index is -0.990. The van der Waals surface area contributed by atoms with Crippen molar-refractivity contribution in [2.24, 2.45) is 0 Å². The third kappa shape index (κ3) is 3.02. The minimum absolute atomic E-state index is 0.00123. The molecule has 20 heavy (non-hydrogen) atoms. The van der Waals surface area contributed by atoms with E-state index in [2.05, 4.69) is 27.8 Å². The highest BCUT2D eigenvalue weighted by molar-refractivity contribution is 9.10. The quantitative estimate of drug-likeness (QED) is 0.649. The predicted octanol–water partition coefficient (Wildman–Crippen LogP) is 2.96. The van der Waals surface area contributed by atoms with E-state index < -0.39 is 17.7 Å². The number of phenolic OH excluding ortho intramolecular Hbond substituents is 1. The van der Waals surface area contributed by atoms with Gasteiger partial charge in [0.25, 0.3) is 0 Å². The molecule has 1 aromatic carbocycles. The van der Waals surface area contributed by atoms with Gasteiger partial charge in [0.2, 0.25) is 0 Å². The first kappa shape index (κ1) is 15.4. The molecule has 0 aromatic heterocycles. The van der Waals surface area contributed by atoms with Gasteiger partial charge in [0.05, 0.1) is 10.0 Å². The molecule has 0 radical (unpaired) electrons. The Kier molecular flexibility index (Phi) is 5.12. The normalized spacial score (nSPS) is 17.9. The summed E-state index contributed by atoms with van der Waals surface area (Å²) >= 11 is 3.06. The third-order valence-corrected chi connectivity index (χ3v) is 4.10. The summed E-state index contributed by atoms with van der Waals surface area (Å²) in [7, 11) is 0. The molecule has 1 fully saturated rings. The third-order valence-electron chi connectivity index (χ3n) is 3.50. The molecular formula is C14H17BrF2N2O. The number of benzene rings is 1. The molecule has 0 bridgehead atoms. The molecule has 3 nitrogen and oxygen atoms in total. The van der Waals surface area contributed by atoms with E-state index in [1.54, 1.807) is 6.08 Å². The first-order valence-corrected chi connectivity index (χ1v) is 7.27. The maximum absolute atomic E-state index is 14.1. The van der Waals surface area contributed by atoms with Crippen LogP contribution in [0.25, 0.3) is 0 Å². The van der Waals surface area contributed by atoms with Crippen molar-refractivity contribution in [1.29, 1.82) is 0 Å². The van der Waals surface area contributed by atoms with Crippen molar-refractivity contribution in [3.05, 3.63) is 40.4 Å². The maximum atomic E-state index is 14.1. The molecule has 1 heterocycles. The summed E-state index contributed by atoms with van der Waals surface area (Å²) < 4.78 is 27.9. The van der Waals surface area contributed by atoms with Gasteiger partial charge >= 0.3 is 0 Å². The number of piperazine rings is 1. The zero-order valence-corrected chi connectivity index (χ0v) is 12.6. The number of rotatable bonds is 4. The Hall–Kier alpha value is -0.980. The second kappa shape index (κ2) is 6.65. The Labute approximate surface area is 125 Å². The van der Waals surface area contributed by atoms with E-state index >= 15 is 0 Å². The van der Waals surface area contributed by atoms with Crippen molar-refractivity contribution in [3.63, 3.8) is 0 Å². The van der Waals surface area contributed by atoms with Gasteiger partial charge in [-0.05, 0) is 28.4 Å². The van der Waals surface area contributed by atoms with Gasteiger partial charge in [0, 0.05) is 32.2 Å². The van der Waals surface area contributed by atoms with Gasteiger partial charge in [0.1, 0.15) is 5.75 Å². The van der Waals surface area contributed by atoms with Gasteiger partial charge < -0.3 is 10.4 Å². The number of phenols is 1. The number of hydrogen-bond acceptors (Lipinski definition) is 3. The summed E-state index contributed by atoms with van der Waals surface area (Å²) in [6, 6.07) is 0.526. The molecule has 0 saturated carbocycles. The van der Waals surface area contributed by atoms with Gasteiger partial charge in [0.15, 0.2) is 11.6 Å². The Morgan fingerprint density at radius 3 is 2.70 bits per heavy atom. The van der Waals surface area contributed by atoms with Crippen LogP contribution in [-0.4, -0.2) is 36.2 Å². The molecule has 0 amide bonds. The standard InChI is InChI=1S/C14H17BrF2N2O/c1-2-3-11(19-6-4-18-5-7-19)12-13(17)10(16)8-9(15)14(12)20/h2,8,11,18,20H,1,3-7H2/t11-/m1/s1. The van der Waals surface area contributed by atoms with E-state index in [1.165, 1.54) is 0 Å². The fourth-order valence-corrected chi connectivity index (χ4v) is 2.92. The van der Waals surface area contributed by atoms with Crippen molar-refractivity contribution >= 4 is 15.9 Å². The predicted molar refractivity (Wildman–Crippen MR) is 77.7 cm³/mol. The van der Waals surface area contributed by atoms with Gasteiger partial charge in [-0.2, -0.15) is 0 Å². The summed E-state index contributed by atoms with van der Waals surface area (Å²) in [6.45, 7) is 6.67. The summed E-state index contributed by atoms with van der Waals surface area (Å²) in [4.78, 5) is 2.03. The van der Waals surface area contributed by atoms with E-state index in [0.29, 0.717) is 19.5 Å². The lowest BCUT2D eigenvalue weighted by molar-refractivity contribution is 0.167. The van der Waals surface area contributed by atoms with E-state index in [9.17, 15) is 13.9 Å². The highest BCUT2D eigenvalue weighted by Gasteiger charge is 2.29. The van der Waals surface area contributed by atoms with Crippen LogP contribution in [0.5, 0.6) is 5.75 Å². The maximum Gasteiger partial charge on any atom is 0.167 e. The number of halogens is 3. The zero-order chi connectivity index (χ0) is 14.7. The van der Waals surface area contributed by atoms with Gasteiger partial charge in [-0.3, -0.25) is 4.90 Å². The van der Waals surface area contributed by atoms with Crippen molar-refractivity contribution in [2.45, 2.75) is 12.5 Å². The van der Waals surface area contributed by atoms with E-state index in [0.717, 1.165) is 19.2 Å². The van der Waals surface area contributed by atoms with Crippen LogP contribution in [0.3, 0.4) is 0 Å². The van der Waals surface area contributed by atoms with Gasteiger partial charge in [-0.1, -0.05) is 6.08 Å². The molecule has 1 atom stereocenters. The Morgan fingerprint density at radius 2 is 2.10 bits per heavy atom. The van der Waals surface area contributed by atoms with Crippen molar-refractivity contribution in [1.82, 2.24) is 10.2 Å². The first-order valence-electron chi connectivity index (χ1n) is 6.48. The van der Waals surface area contributed by atoms with Crippen LogP contribution >= 0.6 is 15.9 Å². The minimum Gasteiger partial charge on any atom is -0.506 e. The van der Waals surface area contributed by atoms with Crippen molar-refractivity contribution in [2.75, 3.05) is 26.2 Å². The zero-order valence-electron chi connectivity index (χ0n) is 11.0. The molecule has 110 valence electrons. The monoisotopic (exact) mass is 346 g/mol. The lowest BCUT2D eigenvalue weighted by Gasteiger charge is -2.35. The molecule has 0 spiro atoms. The number of nitrogens with zero attached hydrogens (tertiary/aromatic N) is 1. The average molecular weight is 347 g/mol. The molecule has 6 heteroatoms. The lowest BCUT2D eigenvalue weighted by atomic mass is 9.99. The van der Waals surface area contributed by atoms with Crippen LogP contribution < -0.4 is 5.32 Å². The van der Waals surface area contributed by atoms with Gasteiger partial charge in [-0.15, -0.1) is 6.58 Å². The van der Waals surface area contributed by atoms with Crippen LogP contribution in [-0.2, 0) is 0 Å². The first-order chi connectivity index (χ1) is 9.56. The molecule has 2 rings (SSSR count). The molecule has 1 aliphatic rings. The second-order valence-electron chi connectivity index (χ2n) is 4.74. The Balaban J connectivity index is 2.45. The average Bonchev–Trinajstić information content (AvgIpc) is 2.45. The SMILES string of the molecule is C=CC[C@H](c1c(O)c(Br)cc(F)c1F)N1CCNCC1. The van der Waals surface area contributed by atoms with E-state index in [4.69, 9.17) is 0 Å². The van der Waals surface area contributed by atoms with Crippen molar-refractivity contribution in [3.8, 4) is 5.75 Å². The highest BCUT2D eigenvalue weighted by Crippen LogP contribution is 2.39. The number of aromatic hydroxyl groups is 1. The summed E-state index contributed by atoms with van der Waals surface area (Å²) in [5.41, 5.74) is -0.00123. The number of nitrogens with one attached hydrogen (secondary N) is 1. The van der Waals surface area contributed by atoms with Crippen LogP contribution in [0.1, 0.15) is 18.0 Å². The molecule has 1 aliphatic heterocycles. The molecule has 0 unspecified atom stereocenters. The van der Waals surface area contributed by atoms with E-state index in [1.807, 2.05) is 4.90 Å². The Morgan fingerprint density at radius 1 is 1.45 bits per heavy atom. The molecule has 2 N–H and O–H groups in total. The molecule has 1 saturated heterocycles. The fraction of sp³-hybridized carbons (Fsp3) is 0.429. The largest absolute Gasteiger partial charge is 0.506 e. The second-order valence-corrected chi connectivity index (χ2v) is 5.60. The van der Waals surface area contributed by atoms with Crippen LogP contribution in [0.15, 0.2) is 23.2 Å². The summed E-state index contributed by atoms with van der Waals surface area (Å²) in [5, 5.41) is 13.3. The van der Waals surface area contributed by atoms with Crippen LogP contribution in [0.2, 0.25) is 0 Å². The van der Waals surface area contributed by atoms with Crippen LogP contribution in [0.4, 0.5) is 8.78 Å². The summed E-state index contributed by atoms with van der Waals surface area (Å²) in [6.07, 6.45) is 2.10. The number of hydrogen-bond donors (Lipinski definition) is 2. The van der Waals surface area contributed by atoms with Crippen molar-refractivity contribution < 1.29 is 13.9 Å². The molecule has 0 aliphatic carbocycles. The topological polar surface area (TPSA) is 35.5 Å². The fourth-order valence-electron chi connectivity index (χ4n) is 2.51. The summed E-state index contributed by atoms with van der Waals surface area (Å²) in [5.74, 6) is -2.20. The van der Waals surface area contributed by atoms with E-state index in [-0.39, 0.29) is 15.8 Å². The molecule has 1 aromatic rings. The smallest absolute Gasteiger partial charge is 0.167 e.